The maximum absolute atomic E-state index is 4.81. The summed E-state index contributed by atoms with van der Waals surface area (Å²) in [5.41, 5.74) is 0. The molecule has 0 aliphatic carbocycles. The van der Waals surface area contributed by atoms with Gasteiger partial charge in [0, 0.05) is 5.75 Å². The van der Waals surface area contributed by atoms with E-state index < -0.39 is 0 Å². The van der Waals surface area contributed by atoms with Gasteiger partial charge in [0.2, 0.25) is 0 Å². The lowest BCUT2D eigenvalue weighted by Gasteiger charge is -1.99. The quantitative estimate of drug-likeness (QED) is 0.433. The first kappa shape index (κ1) is 3.50. The summed E-state index contributed by atoms with van der Waals surface area (Å²) in [6, 6.07) is 0. The van der Waals surface area contributed by atoms with Crippen LogP contribution in [-0.4, -0.2) is 5.75 Å². The van der Waals surface area contributed by atoms with Crippen molar-refractivity contribution in [3.63, 3.8) is 0 Å². The third-order valence-corrected chi connectivity index (χ3v) is 2.27. The first-order valence-electron chi connectivity index (χ1n) is 1.43. The SMILES string of the molecule is S=S1C=CC1. The minimum absolute atomic E-state index is 0.261. The Kier molecular flexibility index (Phi) is 0.830. The Morgan fingerprint density at radius 1 is 1.80 bits per heavy atom. The van der Waals surface area contributed by atoms with Gasteiger partial charge in [0.05, 0.1) is 0 Å². The molecular formula is C3H4S2. The Morgan fingerprint density at radius 3 is 2.20 bits per heavy atom. The molecule has 1 atom stereocenters. The standard InChI is InChI=1S/C3H4S2/c4-5-2-1-3-5/h1-2H,3H2. The molecule has 0 aromatic carbocycles. The summed E-state index contributed by atoms with van der Waals surface area (Å²) in [5.74, 6) is 1.15. The topological polar surface area (TPSA) is 0 Å². The van der Waals surface area contributed by atoms with Crippen LogP contribution in [0, 0.1) is 0 Å². The summed E-state index contributed by atoms with van der Waals surface area (Å²) in [6.45, 7) is 0. The predicted octanol–water partition coefficient (Wildman–Crippen LogP) is 0.594. The van der Waals surface area contributed by atoms with Crippen molar-refractivity contribution in [3.8, 4) is 0 Å². The zero-order chi connectivity index (χ0) is 3.70. The van der Waals surface area contributed by atoms with Crippen LogP contribution in [-0.2, 0) is 20.6 Å². The van der Waals surface area contributed by atoms with Gasteiger partial charge < -0.3 is 0 Å². The average molecular weight is 104 g/mol. The van der Waals surface area contributed by atoms with Crippen LogP contribution < -0.4 is 0 Å². The van der Waals surface area contributed by atoms with E-state index in [2.05, 4.69) is 11.5 Å². The highest BCUT2D eigenvalue weighted by atomic mass is 32.8. The van der Waals surface area contributed by atoms with Crippen LogP contribution in [0.1, 0.15) is 0 Å². The van der Waals surface area contributed by atoms with Crippen molar-refractivity contribution in [2.75, 3.05) is 5.75 Å². The Labute approximate surface area is 38.5 Å². The third-order valence-electron chi connectivity index (χ3n) is 0.508. The molecular weight excluding hydrogens is 100 g/mol. The Hall–Kier alpha value is 0.310. The molecule has 0 saturated carbocycles. The maximum atomic E-state index is 4.81. The van der Waals surface area contributed by atoms with E-state index in [0.717, 1.165) is 5.75 Å². The molecule has 5 heavy (non-hydrogen) atoms. The van der Waals surface area contributed by atoms with E-state index in [4.69, 9.17) is 11.2 Å². The van der Waals surface area contributed by atoms with Gasteiger partial charge in [0.1, 0.15) is 0 Å². The van der Waals surface area contributed by atoms with E-state index in [1.165, 1.54) is 0 Å². The highest BCUT2D eigenvalue weighted by Crippen LogP contribution is 1.96. The van der Waals surface area contributed by atoms with Gasteiger partial charge in [-0.05, 0) is 16.6 Å². The smallest absolute Gasteiger partial charge is 0.0206 e. The molecule has 0 nitrogen and oxygen atoms in total. The first-order valence-corrected chi connectivity index (χ1v) is 3.81. The van der Waals surface area contributed by atoms with Crippen LogP contribution in [0.2, 0.25) is 0 Å². The number of hydrogen-bond donors (Lipinski definition) is 0. The Morgan fingerprint density at radius 2 is 2.20 bits per heavy atom. The van der Waals surface area contributed by atoms with Gasteiger partial charge in [0.15, 0.2) is 0 Å². The van der Waals surface area contributed by atoms with Crippen LogP contribution >= 0.6 is 0 Å². The predicted molar refractivity (Wildman–Crippen MR) is 28.7 cm³/mol. The fraction of sp³-hybridized carbons (Fsp3) is 0.333. The normalized spacial score (nSPS) is 33.2. The zero-order valence-corrected chi connectivity index (χ0v) is 4.31. The van der Waals surface area contributed by atoms with Gasteiger partial charge in [-0.15, -0.1) is 0 Å². The molecule has 0 amide bonds. The second-order valence-electron chi connectivity index (χ2n) is 0.919. The number of rotatable bonds is 0. The van der Waals surface area contributed by atoms with Crippen LogP contribution in [0.15, 0.2) is 11.5 Å². The molecule has 0 saturated heterocycles. The van der Waals surface area contributed by atoms with Gasteiger partial charge in [-0.2, -0.15) is 0 Å². The van der Waals surface area contributed by atoms with Crippen molar-refractivity contribution in [2.45, 2.75) is 0 Å². The van der Waals surface area contributed by atoms with Gasteiger partial charge in [0.25, 0.3) is 0 Å². The van der Waals surface area contributed by atoms with Crippen molar-refractivity contribution in [3.05, 3.63) is 11.5 Å². The summed E-state index contributed by atoms with van der Waals surface area (Å²) >= 11 is 4.81. The lowest BCUT2D eigenvalue weighted by atomic mass is 10.7. The van der Waals surface area contributed by atoms with Gasteiger partial charge in [-0.3, -0.25) is 0 Å². The molecule has 2 heteroatoms. The van der Waals surface area contributed by atoms with Crippen LogP contribution in [0.25, 0.3) is 0 Å². The minimum Gasteiger partial charge on any atom is -0.0939 e. The van der Waals surface area contributed by atoms with Crippen LogP contribution in [0.4, 0.5) is 0 Å². The molecule has 0 N–H and O–H groups in total. The van der Waals surface area contributed by atoms with Gasteiger partial charge in [-0.1, -0.05) is 15.5 Å². The summed E-state index contributed by atoms with van der Waals surface area (Å²) in [5, 5.41) is 2.06. The molecule has 0 aromatic rings. The molecule has 0 fully saturated rings. The van der Waals surface area contributed by atoms with E-state index in [0.29, 0.717) is 0 Å². The molecule has 1 aliphatic rings. The minimum atomic E-state index is 0.261. The number of hydrogen-bond acceptors (Lipinski definition) is 1. The zero-order valence-electron chi connectivity index (χ0n) is 2.68. The molecule has 1 unspecified atom stereocenters. The van der Waals surface area contributed by atoms with E-state index in [9.17, 15) is 0 Å². The van der Waals surface area contributed by atoms with Crippen molar-refractivity contribution in [2.24, 2.45) is 0 Å². The van der Waals surface area contributed by atoms with Crippen molar-refractivity contribution in [1.82, 2.24) is 0 Å². The second-order valence-corrected chi connectivity index (χ2v) is 3.57. The maximum Gasteiger partial charge on any atom is 0.0206 e. The van der Waals surface area contributed by atoms with Crippen molar-refractivity contribution < 1.29 is 0 Å². The monoisotopic (exact) mass is 104 g/mol. The second kappa shape index (κ2) is 1.19. The molecule has 0 spiro atoms. The lowest BCUT2D eigenvalue weighted by molar-refractivity contribution is 1.75. The fourth-order valence-corrected chi connectivity index (χ4v) is 0.996. The van der Waals surface area contributed by atoms with E-state index in [1.54, 1.807) is 0 Å². The summed E-state index contributed by atoms with van der Waals surface area (Å²) in [4.78, 5) is 0. The summed E-state index contributed by atoms with van der Waals surface area (Å²) < 4.78 is 0. The molecule has 1 rings (SSSR count). The molecule has 0 bridgehead atoms. The lowest BCUT2D eigenvalue weighted by Crippen LogP contribution is -1.95. The highest BCUT2D eigenvalue weighted by Gasteiger charge is 1.90. The summed E-state index contributed by atoms with van der Waals surface area (Å²) in [7, 11) is 0.261. The molecule has 1 aliphatic heterocycles. The largest absolute Gasteiger partial charge is 0.0939 e. The van der Waals surface area contributed by atoms with E-state index >= 15 is 0 Å². The molecule has 28 valence electrons. The van der Waals surface area contributed by atoms with E-state index in [-0.39, 0.29) is 9.45 Å². The van der Waals surface area contributed by atoms with Gasteiger partial charge in [-0.25, -0.2) is 0 Å². The average Bonchev–Trinajstić information content (AvgIpc) is 1.30. The van der Waals surface area contributed by atoms with Crippen LogP contribution in [0.5, 0.6) is 0 Å². The van der Waals surface area contributed by atoms with Crippen molar-refractivity contribution in [1.29, 1.82) is 0 Å². The van der Waals surface area contributed by atoms with Gasteiger partial charge >= 0.3 is 0 Å². The highest BCUT2D eigenvalue weighted by molar-refractivity contribution is 8.31. The summed E-state index contributed by atoms with van der Waals surface area (Å²) in [6.07, 6.45) is 2.11. The Balaban J connectivity index is 2.71. The fourth-order valence-electron chi connectivity index (χ4n) is 0.175. The third kappa shape index (κ3) is 0.578. The van der Waals surface area contributed by atoms with Crippen LogP contribution in [0.3, 0.4) is 0 Å². The van der Waals surface area contributed by atoms with E-state index in [1.807, 2.05) is 0 Å². The first-order chi connectivity index (χ1) is 2.39. The van der Waals surface area contributed by atoms with Crippen molar-refractivity contribution >= 4 is 20.6 Å². The molecule has 0 radical (unpaired) electrons. The molecule has 1 heterocycles. The Bertz CT molecular complexity index is 82.9. The molecule has 0 aromatic heterocycles.